The summed E-state index contributed by atoms with van der Waals surface area (Å²) in [7, 11) is 0. The largest absolute Gasteiger partial charge is 0.396 e. The van der Waals surface area contributed by atoms with E-state index in [1.54, 1.807) is 0 Å². The van der Waals surface area contributed by atoms with Crippen molar-refractivity contribution >= 4 is 11.6 Å². The number of benzene rings is 1. The predicted molar refractivity (Wildman–Crippen MR) is 76.1 cm³/mol. The van der Waals surface area contributed by atoms with E-state index >= 15 is 0 Å². The molecule has 0 heterocycles. The Balaban J connectivity index is 2.45. The Bertz CT molecular complexity index is 358. The molecule has 0 amide bonds. The Labute approximate surface area is 115 Å². The lowest BCUT2D eigenvalue weighted by Crippen LogP contribution is -2.22. The second kappa shape index (κ2) is 7.13. The summed E-state index contributed by atoms with van der Waals surface area (Å²) in [6.45, 7) is 6.94. The van der Waals surface area contributed by atoms with Crippen molar-refractivity contribution in [3.8, 4) is 0 Å². The zero-order valence-electron chi connectivity index (χ0n) is 11.4. The molecular weight excluding hydrogens is 248 g/mol. The minimum atomic E-state index is -0.121. The molecule has 0 aliphatic carbocycles. The summed E-state index contributed by atoms with van der Waals surface area (Å²) in [6, 6.07) is 7.79. The second-order valence-electron chi connectivity index (χ2n) is 5.59. The zero-order chi connectivity index (χ0) is 13.6. The Morgan fingerprint density at radius 1 is 1.28 bits per heavy atom. The van der Waals surface area contributed by atoms with Crippen LogP contribution in [0.25, 0.3) is 0 Å². The number of ether oxygens (including phenoxy) is 1. The Hall–Kier alpha value is -0.570. The first-order chi connectivity index (χ1) is 8.42. The highest BCUT2D eigenvalue weighted by Crippen LogP contribution is 2.20. The minimum Gasteiger partial charge on any atom is -0.396 e. The van der Waals surface area contributed by atoms with E-state index < -0.39 is 0 Å². The van der Waals surface area contributed by atoms with E-state index in [2.05, 4.69) is 0 Å². The average Bonchev–Trinajstić information content (AvgIpc) is 2.29. The first-order valence-corrected chi connectivity index (χ1v) is 6.78. The fourth-order valence-electron chi connectivity index (χ4n) is 1.76. The molecule has 0 spiro atoms. The Morgan fingerprint density at radius 2 is 1.94 bits per heavy atom. The van der Waals surface area contributed by atoms with Gasteiger partial charge in [-0.25, -0.2) is 0 Å². The number of halogens is 1. The molecule has 0 aromatic heterocycles. The van der Waals surface area contributed by atoms with Crippen molar-refractivity contribution in [2.75, 3.05) is 13.2 Å². The maximum absolute atomic E-state index is 9.41. The zero-order valence-corrected chi connectivity index (χ0v) is 12.2. The van der Waals surface area contributed by atoms with Gasteiger partial charge in [-0.3, -0.25) is 0 Å². The van der Waals surface area contributed by atoms with E-state index in [-0.39, 0.29) is 18.1 Å². The van der Waals surface area contributed by atoms with Gasteiger partial charge in [-0.1, -0.05) is 29.8 Å². The molecule has 1 atom stereocenters. The van der Waals surface area contributed by atoms with Crippen molar-refractivity contribution in [3.05, 3.63) is 34.9 Å². The van der Waals surface area contributed by atoms with E-state index in [1.807, 2.05) is 45.0 Å². The van der Waals surface area contributed by atoms with Gasteiger partial charge in [-0.05, 0) is 51.2 Å². The van der Waals surface area contributed by atoms with Crippen LogP contribution in [0, 0.1) is 5.92 Å². The van der Waals surface area contributed by atoms with E-state index in [4.69, 9.17) is 16.3 Å². The smallest absolute Gasteiger partial charge is 0.0598 e. The topological polar surface area (TPSA) is 29.5 Å². The fraction of sp³-hybridized carbons (Fsp3) is 0.600. The maximum Gasteiger partial charge on any atom is 0.0598 e. The maximum atomic E-state index is 9.41. The highest BCUT2D eigenvalue weighted by Gasteiger charge is 2.14. The predicted octanol–water partition coefficient (Wildman–Crippen LogP) is 3.70. The number of rotatable bonds is 6. The second-order valence-corrected chi connectivity index (χ2v) is 6.00. The molecule has 0 bridgehead atoms. The van der Waals surface area contributed by atoms with Crippen LogP contribution in [0.4, 0.5) is 0 Å². The van der Waals surface area contributed by atoms with Gasteiger partial charge >= 0.3 is 0 Å². The average molecular weight is 271 g/mol. The van der Waals surface area contributed by atoms with Crippen LogP contribution in [0.5, 0.6) is 0 Å². The monoisotopic (exact) mass is 270 g/mol. The highest BCUT2D eigenvalue weighted by atomic mass is 35.5. The normalized spacial score (nSPS) is 13.6. The van der Waals surface area contributed by atoms with Gasteiger partial charge in [0.05, 0.1) is 5.60 Å². The van der Waals surface area contributed by atoms with Crippen LogP contribution in [0.15, 0.2) is 24.3 Å². The molecule has 3 heteroatoms. The Kier molecular flexibility index (Phi) is 6.13. The quantitative estimate of drug-likeness (QED) is 0.854. The molecule has 0 saturated heterocycles. The van der Waals surface area contributed by atoms with Gasteiger partial charge in [-0.2, -0.15) is 0 Å². The molecule has 102 valence electrons. The summed E-state index contributed by atoms with van der Waals surface area (Å²) < 4.78 is 5.69. The fourth-order valence-corrected chi connectivity index (χ4v) is 1.98. The van der Waals surface area contributed by atoms with E-state index in [0.29, 0.717) is 6.61 Å². The lowest BCUT2D eigenvalue weighted by atomic mass is 9.97. The van der Waals surface area contributed by atoms with Gasteiger partial charge in [-0.15, -0.1) is 0 Å². The standard InChI is InChI=1S/C15H23ClO2/c1-15(2,3)18-9-8-12(11-17)10-13-6-4-5-7-14(13)16/h4-7,12,17H,8-11H2,1-3H3. The van der Waals surface area contributed by atoms with E-state index in [0.717, 1.165) is 23.4 Å². The molecule has 18 heavy (non-hydrogen) atoms. The molecule has 0 fully saturated rings. The number of hydrogen-bond donors (Lipinski definition) is 1. The minimum absolute atomic E-state index is 0.121. The molecule has 1 aromatic carbocycles. The lowest BCUT2D eigenvalue weighted by Gasteiger charge is -2.22. The summed E-state index contributed by atoms with van der Waals surface area (Å²) in [5.74, 6) is 0.201. The van der Waals surface area contributed by atoms with Gasteiger partial charge in [0, 0.05) is 18.2 Å². The van der Waals surface area contributed by atoms with Gasteiger partial charge in [0.15, 0.2) is 0 Å². The van der Waals surface area contributed by atoms with Crippen molar-refractivity contribution in [2.24, 2.45) is 5.92 Å². The molecular formula is C15H23ClO2. The summed E-state index contributed by atoms with van der Waals surface area (Å²) in [5, 5.41) is 10.2. The van der Waals surface area contributed by atoms with Crippen molar-refractivity contribution < 1.29 is 9.84 Å². The first kappa shape index (κ1) is 15.5. The van der Waals surface area contributed by atoms with Crippen molar-refractivity contribution in [2.45, 2.75) is 39.2 Å². The third-order valence-corrected chi connectivity index (χ3v) is 3.15. The first-order valence-electron chi connectivity index (χ1n) is 6.40. The van der Waals surface area contributed by atoms with Gasteiger partial charge in [0.1, 0.15) is 0 Å². The summed E-state index contributed by atoms with van der Waals surface area (Å²) >= 11 is 6.12. The number of aliphatic hydroxyl groups excluding tert-OH is 1. The van der Waals surface area contributed by atoms with Crippen molar-refractivity contribution in [1.82, 2.24) is 0 Å². The van der Waals surface area contributed by atoms with E-state index in [1.165, 1.54) is 0 Å². The molecule has 1 rings (SSSR count). The molecule has 0 aliphatic heterocycles. The van der Waals surface area contributed by atoms with Crippen LogP contribution in [-0.2, 0) is 11.2 Å². The SMILES string of the molecule is CC(C)(C)OCCC(CO)Cc1ccccc1Cl. The molecule has 1 aromatic rings. The van der Waals surface area contributed by atoms with Crippen molar-refractivity contribution in [3.63, 3.8) is 0 Å². The van der Waals surface area contributed by atoms with Crippen LogP contribution < -0.4 is 0 Å². The molecule has 1 N–H and O–H groups in total. The Morgan fingerprint density at radius 3 is 2.50 bits per heavy atom. The van der Waals surface area contributed by atoms with Crippen molar-refractivity contribution in [1.29, 1.82) is 0 Å². The van der Waals surface area contributed by atoms with Gasteiger partial charge < -0.3 is 9.84 Å². The van der Waals surface area contributed by atoms with Crippen LogP contribution >= 0.6 is 11.6 Å². The molecule has 0 radical (unpaired) electrons. The summed E-state index contributed by atoms with van der Waals surface area (Å²) in [6.07, 6.45) is 1.64. The third-order valence-electron chi connectivity index (χ3n) is 2.79. The molecule has 1 unspecified atom stereocenters. The van der Waals surface area contributed by atoms with Gasteiger partial charge in [0.2, 0.25) is 0 Å². The van der Waals surface area contributed by atoms with E-state index in [9.17, 15) is 5.11 Å². The molecule has 0 saturated carbocycles. The lowest BCUT2D eigenvalue weighted by molar-refractivity contribution is -0.0121. The third kappa shape index (κ3) is 5.85. The van der Waals surface area contributed by atoms with Crippen LogP contribution in [0.2, 0.25) is 5.02 Å². The summed E-state index contributed by atoms with van der Waals surface area (Å²) in [5.41, 5.74) is 0.971. The molecule has 2 nitrogen and oxygen atoms in total. The highest BCUT2D eigenvalue weighted by molar-refractivity contribution is 6.31. The van der Waals surface area contributed by atoms with Crippen LogP contribution in [-0.4, -0.2) is 23.9 Å². The summed E-state index contributed by atoms with van der Waals surface area (Å²) in [4.78, 5) is 0. The number of aliphatic hydroxyl groups is 1. The number of hydrogen-bond acceptors (Lipinski definition) is 2. The molecule has 0 aliphatic rings. The van der Waals surface area contributed by atoms with Crippen LogP contribution in [0.1, 0.15) is 32.8 Å². The van der Waals surface area contributed by atoms with Crippen LogP contribution in [0.3, 0.4) is 0 Å². The van der Waals surface area contributed by atoms with Gasteiger partial charge in [0.25, 0.3) is 0 Å².